The van der Waals surface area contributed by atoms with Crippen LogP contribution in [0.5, 0.6) is 17.2 Å². The molecule has 1 aromatic carbocycles. The van der Waals surface area contributed by atoms with E-state index in [0.717, 1.165) is 24.4 Å². The smallest absolute Gasteiger partial charge is 0.306 e. The highest BCUT2D eigenvalue weighted by molar-refractivity contribution is 7.10. The van der Waals surface area contributed by atoms with Gasteiger partial charge in [-0.15, -0.1) is 11.3 Å². The number of hydrogen-bond donors (Lipinski definition) is 1. The van der Waals surface area contributed by atoms with Gasteiger partial charge >= 0.3 is 5.97 Å². The standard InChI is InChI=1S/C20H25NO5S/c1-24-15-12-17(26-3)16(25-2)11-14(15)19(18-5-4-10-27-18)21-8-6-13(7-9-21)20(22)23/h4-5,10-13,19H,6-9H2,1-3H3,(H,22,23). The summed E-state index contributed by atoms with van der Waals surface area (Å²) in [5.41, 5.74) is 0.992. The van der Waals surface area contributed by atoms with Gasteiger partial charge in [0.15, 0.2) is 11.5 Å². The molecule has 27 heavy (non-hydrogen) atoms. The fourth-order valence-corrected chi connectivity index (χ4v) is 4.52. The van der Waals surface area contributed by atoms with Crippen LogP contribution in [-0.2, 0) is 4.79 Å². The molecule has 6 nitrogen and oxygen atoms in total. The zero-order chi connectivity index (χ0) is 19.4. The fraction of sp³-hybridized carbons (Fsp3) is 0.450. The summed E-state index contributed by atoms with van der Waals surface area (Å²) >= 11 is 1.68. The summed E-state index contributed by atoms with van der Waals surface area (Å²) in [4.78, 5) is 14.8. The molecule has 1 N–H and O–H groups in total. The van der Waals surface area contributed by atoms with Crippen molar-refractivity contribution in [1.82, 2.24) is 4.90 Å². The molecule has 1 aromatic heterocycles. The summed E-state index contributed by atoms with van der Waals surface area (Å²) < 4.78 is 16.6. The van der Waals surface area contributed by atoms with Crippen LogP contribution in [0.3, 0.4) is 0 Å². The van der Waals surface area contributed by atoms with Gasteiger partial charge in [0.1, 0.15) is 5.75 Å². The number of benzene rings is 1. The number of carboxylic acid groups (broad SMARTS) is 1. The van der Waals surface area contributed by atoms with Gasteiger partial charge in [-0.25, -0.2) is 0 Å². The summed E-state index contributed by atoms with van der Waals surface area (Å²) in [5.74, 6) is 1.03. The summed E-state index contributed by atoms with van der Waals surface area (Å²) in [6.45, 7) is 1.44. The zero-order valence-corrected chi connectivity index (χ0v) is 16.6. The zero-order valence-electron chi connectivity index (χ0n) is 15.8. The van der Waals surface area contributed by atoms with Crippen molar-refractivity contribution in [2.24, 2.45) is 5.92 Å². The number of carboxylic acids is 1. The Morgan fingerprint density at radius 2 is 1.74 bits per heavy atom. The second-order valence-corrected chi connectivity index (χ2v) is 7.49. The number of hydrogen-bond acceptors (Lipinski definition) is 6. The molecule has 0 spiro atoms. The minimum Gasteiger partial charge on any atom is -0.496 e. The van der Waals surface area contributed by atoms with E-state index in [1.807, 2.05) is 18.2 Å². The van der Waals surface area contributed by atoms with E-state index in [4.69, 9.17) is 14.2 Å². The van der Waals surface area contributed by atoms with E-state index in [1.54, 1.807) is 32.7 Å². The third kappa shape index (κ3) is 4.04. The van der Waals surface area contributed by atoms with E-state index in [2.05, 4.69) is 16.3 Å². The van der Waals surface area contributed by atoms with Crippen LogP contribution in [0.1, 0.15) is 29.3 Å². The van der Waals surface area contributed by atoms with Crippen LogP contribution < -0.4 is 14.2 Å². The van der Waals surface area contributed by atoms with Gasteiger partial charge in [0, 0.05) is 16.5 Å². The predicted octanol–water partition coefficient (Wildman–Crippen LogP) is 3.66. The van der Waals surface area contributed by atoms with Crippen LogP contribution in [0.15, 0.2) is 29.6 Å². The number of nitrogens with zero attached hydrogens (tertiary/aromatic N) is 1. The predicted molar refractivity (Wildman–Crippen MR) is 104 cm³/mol. The van der Waals surface area contributed by atoms with Gasteiger partial charge in [0.25, 0.3) is 0 Å². The summed E-state index contributed by atoms with van der Waals surface area (Å²) in [6, 6.07) is 7.93. The first-order valence-electron chi connectivity index (χ1n) is 8.89. The third-order valence-electron chi connectivity index (χ3n) is 5.09. The Morgan fingerprint density at radius 1 is 1.11 bits per heavy atom. The van der Waals surface area contributed by atoms with Crippen LogP contribution >= 0.6 is 11.3 Å². The van der Waals surface area contributed by atoms with E-state index in [1.165, 1.54) is 4.88 Å². The van der Waals surface area contributed by atoms with Crippen molar-refractivity contribution < 1.29 is 24.1 Å². The van der Waals surface area contributed by atoms with Gasteiger partial charge in [-0.05, 0) is 43.4 Å². The highest BCUT2D eigenvalue weighted by atomic mass is 32.1. The van der Waals surface area contributed by atoms with E-state index >= 15 is 0 Å². The SMILES string of the molecule is COc1cc(OC)c(C(c2cccs2)N2CCC(C(=O)O)CC2)cc1OC. The minimum absolute atomic E-state index is 0.0190. The number of thiophene rings is 1. The van der Waals surface area contributed by atoms with Gasteiger partial charge in [-0.3, -0.25) is 9.69 Å². The third-order valence-corrected chi connectivity index (χ3v) is 6.01. The average Bonchev–Trinajstić information content (AvgIpc) is 3.22. The first-order valence-corrected chi connectivity index (χ1v) is 9.77. The number of carbonyl (C=O) groups is 1. The van der Waals surface area contributed by atoms with Crippen LogP contribution in [0.2, 0.25) is 0 Å². The highest BCUT2D eigenvalue weighted by Gasteiger charge is 2.32. The van der Waals surface area contributed by atoms with Crippen molar-refractivity contribution in [3.63, 3.8) is 0 Å². The van der Waals surface area contributed by atoms with Crippen molar-refractivity contribution in [1.29, 1.82) is 0 Å². The second kappa shape index (κ2) is 8.63. The first-order chi connectivity index (χ1) is 13.1. The lowest BCUT2D eigenvalue weighted by atomic mass is 9.93. The number of rotatable bonds is 7. The molecule has 1 aliphatic rings. The van der Waals surface area contributed by atoms with E-state index in [9.17, 15) is 9.90 Å². The largest absolute Gasteiger partial charge is 0.496 e. The normalized spacial score (nSPS) is 16.7. The lowest BCUT2D eigenvalue weighted by Crippen LogP contribution is -2.39. The Morgan fingerprint density at radius 3 is 2.26 bits per heavy atom. The maximum atomic E-state index is 11.3. The number of methoxy groups -OCH3 is 3. The molecule has 1 saturated heterocycles. The first kappa shape index (κ1) is 19.5. The van der Waals surface area contributed by atoms with Gasteiger partial charge in [0.2, 0.25) is 0 Å². The van der Waals surface area contributed by atoms with Crippen LogP contribution in [-0.4, -0.2) is 50.4 Å². The minimum atomic E-state index is -0.703. The molecule has 0 amide bonds. The van der Waals surface area contributed by atoms with Gasteiger partial charge < -0.3 is 19.3 Å². The molecule has 3 rings (SSSR count). The molecule has 2 aromatic rings. The topological polar surface area (TPSA) is 68.2 Å². The second-order valence-electron chi connectivity index (χ2n) is 6.52. The molecule has 0 saturated carbocycles. The van der Waals surface area contributed by atoms with Crippen molar-refractivity contribution in [3.8, 4) is 17.2 Å². The number of ether oxygens (including phenoxy) is 3. The lowest BCUT2D eigenvalue weighted by molar-refractivity contribution is -0.143. The molecule has 1 atom stereocenters. The Balaban J connectivity index is 2.01. The molecule has 146 valence electrons. The molecule has 1 fully saturated rings. The monoisotopic (exact) mass is 391 g/mol. The molecule has 1 aliphatic heterocycles. The maximum absolute atomic E-state index is 11.3. The molecular weight excluding hydrogens is 366 g/mol. The summed E-state index contributed by atoms with van der Waals surface area (Å²) in [6.07, 6.45) is 1.29. The Bertz CT molecular complexity index is 769. The lowest BCUT2D eigenvalue weighted by Gasteiger charge is -2.37. The summed E-state index contributed by atoms with van der Waals surface area (Å²) in [5, 5.41) is 11.4. The number of aliphatic carboxylic acids is 1. The van der Waals surface area contributed by atoms with Crippen LogP contribution in [0.25, 0.3) is 0 Å². The Kier molecular flexibility index (Phi) is 6.23. The number of piperidine rings is 1. The maximum Gasteiger partial charge on any atom is 0.306 e. The molecule has 0 radical (unpaired) electrons. The molecule has 0 bridgehead atoms. The van der Waals surface area contributed by atoms with Crippen molar-refractivity contribution in [2.45, 2.75) is 18.9 Å². The molecule has 7 heteroatoms. The van der Waals surface area contributed by atoms with Crippen LogP contribution in [0, 0.1) is 5.92 Å². The van der Waals surface area contributed by atoms with Crippen LogP contribution in [0.4, 0.5) is 0 Å². The Hall–Kier alpha value is -2.25. The molecule has 2 heterocycles. The molecule has 0 aliphatic carbocycles. The van der Waals surface area contributed by atoms with Gasteiger partial charge in [0.05, 0.1) is 33.3 Å². The van der Waals surface area contributed by atoms with Gasteiger partial charge in [-0.1, -0.05) is 6.07 Å². The molecular formula is C20H25NO5S. The Labute approximate surface area is 163 Å². The van der Waals surface area contributed by atoms with E-state index < -0.39 is 5.97 Å². The fourth-order valence-electron chi connectivity index (χ4n) is 3.65. The van der Waals surface area contributed by atoms with Crippen molar-refractivity contribution in [3.05, 3.63) is 40.1 Å². The molecule has 1 unspecified atom stereocenters. The number of likely N-dealkylation sites (tertiary alicyclic amines) is 1. The van der Waals surface area contributed by atoms with E-state index in [-0.39, 0.29) is 12.0 Å². The average molecular weight is 391 g/mol. The van der Waals surface area contributed by atoms with Gasteiger partial charge in [-0.2, -0.15) is 0 Å². The van der Waals surface area contributed by atoms with Crippen molar-refractivity contribution in [2.75, 3.05) is 34.4 Å². The van der Waals surface area contributed by atoms with E-state index in [0.29, 0.717) is 24.3 Å². The summed E-state index contributed by atoms with van der Waals surface area (Å²) in [7, 11) is 4.86. The van der Waals surface area contributed by atoms with Crippen molar-refractivity contribution >= 4 is 17.3 Å². The highest BCUT2D eigenvalue weighted by Crippen LogP contribution is 2.43. The quantitative estimate of drug-likeness (QED) is 0.777.